The molecule has 2 aromatic carbocycles. The predicted octanol–water partition coefficient (Wildman–Crippen LogP) is 5.34. The highest BCUT2D eigenvalue weighted by molar-refractivity contribution is 7.13. The number of carbonyl (C=O) groups excluding carboxylic acids is 1. The lowest BCUT2D eigenvalue weighted by molar-refractivity contribution is 0.104. The summed E-state index contributed by atoms with van der Waals surface area (Å²) in [6.45, 7) is 0. The molecule has 0 atom stereocenters. The molecule has 0 radical (unpaired) electrons. The number of ether oxygens (including phenoxy) is 3. The summed E-state index contributed by atoms with van der Waals surface area (Å²) in [5.74, 6) is 1.70. The van der Waals surface area contributed by atoms with Crippen molar-refractivity contribution in [1.29, 1.82) is 0 Å². The van der Waals surface area contributed by atoms with Crippen LogP contribution in [0.4, 0.5) is 0 Å². The van der Waals surface area contributed by atoms with Crippen LogP contribution in [0.15, 0.2) is 60.0 Å². The van der Waals surface area contributed by atoms with Crippen LogP contribution in [0.3, 0.4) is 0 Å². The number of thiophene rings is 1. The van der Waals surface area contributed by atoms with Crippen LogP contribution in [0.25, 0.3) is 16.5 Å². The first-order valence-corrected chi connectivity index (χ1v) is 9.20. The number of methoxy groups -OCH3 is 3. The van der Waals surface area contributed by atoms with E-state index in [1.807, 2.05) is 29.6 Å². The highest BCUT2D eigenvalue weighted by Crippen LogP contribution is 2.31. The quantitative estimate of drug-likeness (QED) is 0.410. The van der Waals surface area contributed by atoms with Gasteiger partial charge in [0.25, 0.3) is 0 Å². The molecule has 0 amide bonds. The van der Waals surface area contributed by atoms with E-state index in [0.717, 1.165) is 16.9 Å². The van der Waals surface area contributed by atoms with E-state index < -0.39 is 0 Å². The van der Waals surface area contributed by atoms with E-state index in [-0.39, 0.29) is 5.78 Å². The molecule has 3 rings (SSSR count). The summed E-state index contributed by atoms with van der Waals surface area (Å²) in [5, 5.41) is 2.04. The third-order valence-electron chi connectivity index (χ3n) is 4.12. The van der Waals surface area contributed by atoms with Crippen molar-refractivity contribution < 1.29 is 19.0 Å². The molecule has 0 bridgehead atoms. The van der Waals surface area contributed by atoms with Gasteiger partial charge in [-0.25, -0.2) is 0 Å². The lowest BCUT2D eigenvalue weighted by atomic mass is 10.1. The first kappa shape index (κ1) is 18.7. The average molecular weight is 380 g/mol. The van der Waals surface area contributed by atoms with Crippen LogP contribution >= 0.6 is 11.3 Å². The maximum Gasteiger partial charge on any atom is 0.185 e. The molecule has 0 aliphatic rings. The molecule has 0 fully saturated rings. The first-order valence-electron chi connectivity index (χ1n) is 8.32. The zero-order valence-electron chi connectivity index (χ0n) is 15.4. The zero-order chi connectivity index (χ0) is 19.2. The van der Waals surface area contributed by atoms with Crippen molar-refractivity contribution >= 4 is 23.2 Å². The van der Waals surface area contributed by atoms with Gasteiger partial charge in [0.05, 0.1) is 21.3 Å². The molecule has 4 nitrogen and oxygen atoms in total. The molecule has 5 heteroatoms. The highest BCUT2D eigenvalue weighted by Gasteiger charge is 2.10. The number of hydrogen-bond donors (Lipinski definition) is 0. The fourth-order valence-corrected chi connectivity index (χ4v) is 3.42. The van der Waals surface area contributed by atoms with E-state index in [0.29, 0.717) is 17.1 Å². The molecule has 0 spiro atoms. The van der Waals surface area contributed by atoms with Crippen LogP contribution in [0.5, 0.6) is 17.2 Å². The minimum absolute atomic E-state index is 0.125. The molecule has 0 N–H and O–H groups in total. The second-order valence-corrected chi connectivity index (χ2v) is 6.65. The summed E-state index contributed by atoms with van der Waals surface area (Å²) in [6, 6.07) is 15.1. The van der Waals surface area contributed by atoms with Gasteiger partial charge in [0.15, 0.2) is 17.3 Å². The van der Waals surface area contributed by atoms with E-state index in [1.54, 1.807) is 56.9 Å². The molecule has 3 aromatic rings. The number of allylic oxidation sites excluding steroid dienone is 1. The number of ketones is 1. The average Bonchev–Trinajstić information content (AvgIpc) is 3.26. The molecule has 0 unspecified atom stereocenters. The van der Waals surface area contributed by atoms with Crippen molar-refractivity contribution in [3.8, 4) is 27.7 Å². The molecule has 1 aromatic heterocycles. The monoisotopic (exact) mass is 380 g/mol. The molecule has 0 aliphatic heterocycles. The lowest BCUT2D eigenvalue weighted by Crippen LogP contribution is -1.97. The maximum atomic E-state index is 12.5. The predicted molar refractivity (Wildman–Crippen MR) is 109 cm³/mol. The topological polar surface area (TPSA) is 44.8 Å². The van der Waals surface area contributed by atoms with Gasteiger partial charge in [0, 0.05) is 16.0 Å². The van der Waals surface area contributed by atoms with Gasteiger partial charge in [0.1, 0.15) is 5.75 Å². The van der Waals surface area contributed by atoms with Crippen LogP contribution in [-0.2, 0) is 0 Å². The molecule has 27 heavy (non-hydrogen) atoms. The van der Waals surface area contributed by atoms with Crippen molar-refractivity contribution in [2.45, 2.75) is 0 Å². The third-order valence-corrected chi connectivity index (χ3v) is 5.04. The zero-order valence-corrected chi connectivity index (χ0v) is 16.2. The molecule has 0 aliphatic carbocycles. The smallest absolute Gasteiger partial charge is 0.185 e. The largest absolute Gasteiger partial charge is 0.496 e. The van der Waals surface area contributed by atoms with Crippen molar-refractivity contribution in [2.75, 3.05) is 21.3 Å². The molecular formula is C22H20O4S. The Balaban J connectivity index is 1.84. The SMILES string of the molecule is COc1cc(-c2cccs2)ccc1/C=C/C(=O)c1ccc(OC)c(OC)c1. The Morgan fingerprint density at radius 3 is 2.33 bits per heavy atom. The summed E-state index contributed by atoms with van der Waals surface area (Å²) in [7, 11) is 4.73. The molecule has 1 heterocycles. The van der Waals surface area contributed by atoms with E-state index >= 15 is 0 Å². The molecular weight excluding hydrogens is 360 g/mol. The van der Waals surface area contributed by atoms with Gasteiger partial charge in [-0.1, -0.05) is 18.2 Å². The van der Waals surface area contributed by atoms with Crippen LogP contribution in [0.2, 0.25) is 0 Å². The Bertz CT molecular complexity index is 958. The highest BCUT2D eigenvalue weighted by atomic mass is 32.1. The Hall–Kier alpha value is -3.05. The van der Waals surface area contributed by atoms with Gasteiger partial charge < -0.3 is 14.2 Å². The van der Waals surface area contributed by atoms with Crippen molar-refractivity contribution in [3.05, 3.63) is 71.1 Å². The van der Waals surface area contributed by atoms with Crippen LogP contribution < -0.4 is 14.2 Å². The molecule has 0 saturated heterocycles. The molecule has 0 saturated carbocycles. The number of rotatable bonds is 7. The van der Waals surface area contributed by atoms with Gasteiger partial charge >= 0.3 is 0 Å². The summed E-state index contributed by atoms with van der Waals surface area (Å²) in [5.41, 5.74) is 2.45. The summed E-state index contributed by atoms with van der Waals surface area (Å²) in [6.07, 6.45) is 3.29. The van der Waals surface area contributed by atoms with Crippen LogP contribution in [0, 0.1) is 0 Å². The normalized spacial score (nSPS) is 10.8. The van der Waals surface area contributed by atoms with E-state index in [4.69, 9.17) is 14.2 Å². The van der Waals surface area contributed by atoms with E-state index in [2.05, 4.69) is 6.07 Å². The fraction of sp³-hybridized carbons (Fsp3) is 0.136. The third kappa shape index (κ3) is 4.20. The second kappa shape index (κ2) is 8.56. The van der Waals surface area contributed by atoms with Gasteiger partial charge in [-0.15, -0.1) is 11.3 Å². The van der Waals surface area contributed by atoms with Crippen LogP contribution in [0.1, 0.15) is 15.9 Å². The second-order valence-electron chi connectivity index (χ2n) is 5.70. The Morgan fingerprint density at radius 2 is 1.67 bits per heavy atom. The Labute approximate surface area is 162 Å². The van der Waals surface area contributed by atoms with Crippen LogP contribution in [-0.4, -0.2) is 27.1 Å². The summed E-state index contributed by atoms with van der Waals surface area (Å²) in [4.78, 5) is 13.7. The van der Waals surface area contributed by atoms with Gasteiger partial charge in [-0.3, -0.25) is 4.79 Å². The first-order chi connectivity index (χ1) is 13.2. The Kier molecular flexibility index (Phi) is 5.94. The summed E-state index contributed by atoms with van der Waals surface area (Å²) < 4.78 is 16.0. The van der Waals surface area contributed by atoms with Gasteiger partial charge in [-0.2, -0.15) is 0 Å². The van der Waals surface area contributed by atoms with Crippen molar-refractivity contribution in [3.63, 3.8) is 0 Å². The lowest BCUT2D eigenvalue weighted by Gasteiger charge is -2.08. The summed E-state index contributed by atoms with van der Waals surface area (Å²) >= 11 is 1.67. The number of carbonyl (C=O) groups is 1. The molecule has 138 valence electrons. The fourth-order valence-electron chi connectivity index (χ4n) is 2.70. The van der Waals surface area contributed by atoms with E-state index in [1.165, 1.54) is 11.0 Å². The maximum absolute atomic E-state index is 12.5. The standard InChI is InChI=1S/C22H20O4S/c1-24-19-11-9-16(13-21(19)26-3)18(23)10-8-15-6-7-17(14-20(15)25-2)22-5-4-12-27-22/h4-14H,1-3H3/b10-8+. The van der Waals surface area contributed by atoms with Crippen molar-refractivity contribution in [1.82, 2.24) is 0 Å². The van der Waals surface area contributed by atoms with Gasteiger partial charge in [-0.05, 0) is 53.4 Å². The van der Waals surface area contributed by atoms with E-state index in [9.17, 15) is 4.79 Å². The Morgan fingerprint density at radius 1 is 0.889 bits per heavy atom. The number of benzene rings is 2. The van der Waals surface area contributed by atoms with Crippen molar-refractivity contribution in [2.24, 2.45) is 0 Å². The van der Waals surface area contributed by atoms with Gasteiger partial charge in [0.2, 0.25) is 0 Å². The minimum Gasteiger partial charge on any atom is -0.496 e. The number of hydrogen-bond acceptors (Lipinski definition) is 5. The minimum atomic E-state index is -0.125.